The minimum Gasteiger partial charge on any atom is -0.297 e. The highest BCUT2D eigenvalue weighted by Crippen LogP contribution is 2.26. The molecule has 2 fully saturated rings. The summed E-state index contributed by atoms with van der Waals surface area (Å²) in [6, 6.07) is 17.6. The quantitative estimate of drug-likeness (QED) is 0.738. The van der Waals surface area contributed by atoms with Gasteiger partial charge in [0.05, 0.1) is 18.2 Å². The van der Waals surface area contributed by atoms with E-state index in [2.05, 4.69) is 34.1 Å². The van der Waals surface area contributed by atoms with Crippen molar-refractivity contribution in [1.82, 2.24) is 9.80 Å². The third-order valence-corrected chi connectivity index (χ3v) is 5.70. The van der Waals surface area contributed by atoms with Crippen LogP contribution in [0.1, 0.15) is 17.5 Å². The minimum atomic E-state index is -0.329. The molecule has 2 aromatic rings. The van der Waals surface area contributed by atoms with E-state index in [9.17, 15) is 9.59 Å². The van der Waals surface area contributed by atoms with Crippen molar-refractivity contribution in [3.8, 4) is 0 Å². The van der Waals surface area contributed by atoms with Crippen LogP contribution in [0.15, 0.2) is 60.7 Å². The third-order valence-electron chi connectivity index (χ3n) is 5.70. The molecule has 0 N–H and O–H groups in total. The van der Waals surface area contributed by atoms with Gasteiger partial charge in [0.2, 0.25) is 5.91 Å². The minimum absolute atomic E-state index is 0.0852. The van der Waals surface area contributed by atoms with Crippen LogP contribution in [0, 0.1) is 6.92 Å². The monoisotopic (exact) mass is 389 g/mol. The molecule has 0 radical (unpaired) electrons. The number of piperazine rings is 1. The summed E-state index contributed by atoms with van der Waals surface area (Å²) >= 11 is 0. The standard InChI is InChI=1S/C24H27N3O2/c1-19-7-5-11-21(17-19)27-23(28)18-22(24(27)29)26-15-13-25(14-16-26)12-6-10-20-8-3-2-4-9-20/h2-11,17,22H,12-16,18H2,1H3/b10-6+. The summed E-state index contributed by atoms with van der Waals surface area (Å²) in [5, 5.41) is 0. The van der Waals surface area contributed by atoms with Gasteiger partial charge in [-0.1, -0.05) is 54.6 Å². The summed E-state index contributed by atoms with van der Waals surface area (Å²) in [6.45, 7) is 6.30. The zero-order valence-corrected chi connectivity index (χ0v) is 16.8. The smallest absolute Gasteiger partial charge is 0.251 e. The van der Waals surface area contributed by atoms with Crippen LogP contribution in [0.5, 0.6) is 0 Å². The maximum Gasteiger partial charge on any atom is 0.251 e. The molecule has 0 spiro atoms. The number of aryl methyl sites for hydroxylation is 1. The lowest BCUT2D eigenvalue weighted by Gasteiger charge is -2.36. The number of carbonyl (C=O) groups is 2. The second-order valence-corrected chi connectivity index (χ2v) is 7.78. The highest BCUT2D eigenvalue weighted by Gasteiger charge is 2.43. The fourth-order valence-electron chi connectivity index (χ4n) is 4.10. The normalized spacial score (nSPS) is 21.4. The van der Waals surface area contributed by atoms with E-state index in [1.54, 1.807) is 0 Å². The van der Waals surface area contributed by atoms with E-state index in [1.807, 2.05) is 49.4 Å². The van der Waals surface area contributed by atoms with Crippen LogP contribution in [-0.4, -0.2) is 60.4 Å². The van der Waals surface area contributed by atoms with Gasteiger partial charge in [-0.25, -0.2) is 4.90 Å². The second-order valence-electron chi connectivity index (χ2n) is 7.78. The zero-order valence-electron chi connectivity index (χ0n) is 16.8. The molecule has 2 amide bonds. The third kappa shape index (κ3) is 4.47. The maximum atomic E-state index is 13.0. The van der Waals surface area contributed by atoms with Crippen LogP contribution >= 0.6 is 0 Å². The summed E-state index contributed by atoms with van der Waals surface area (Å²) in [6.07, 6.45) is 4.61. The maximum absolute atomic E-state index is 13.0. The predicted octanol–water partition coefficient (Wildman–Crippen LogP) is 2.96. The van der Waals surface area contributed by atoms with Gasteiger partial charge in [-0.15, -0.1) is 0 Å². The molecular weight excluding hydrogens is 362 g/mol. The summed E-state index contributed by atoms with van der Waals surface area (Å²) in [5.74, 6) is -0.183. The van der Waals surface area contributed by atoms with Crippen molar-refractivity contribution >= 4 is 23.6 Å². The molecule has 0 bridgehead atoms. The van der Waals surface area contributed by atoms with Gasteiger partial charge < -0.3 is 0 Å². The topological polar surface area (TPSA) is 43.9 Å². The first-order chi connectivity index (χ1) is 14.1. The lowest BCUT2D eigenvalue weighted by atomic mass is 10.1. The molecule has 2 aliphatic heterocycles. The Morgan fingerprint density at radius 3 is 2.45 bits per heavy atom. The van der Waals surface area contributed by atoms with Crippen LogP contribution in [0.25, 0.3) is 6.08 Å². The molecule has 2 aromatic carbocycles. The van der Waals surface area contributed by atoms with Gasteiger partial charge in [0, 0.05) is 32.7 Å². The molecule has 0 saturated carbocycles. The molecule has 5 heteroatoms. The Balaban J connectivity index is 1.32. The van der Waals surface area contributed by atoms with Crippen molar-refractivity contribution in [2.75, 3.05) is 37.6 Å². The van der Waals surface area contributed by atoms with Crippen molar-refractivity contribution in [3.05, 3.63) is 71.8 Å². The lowest BCUT2D eigenvalue weighted by molar-refractivity contribution is -0.123. The summed E-state index contributed by atoms with van der Waals surface area (Å²) in [5.41, 5.74) is 2.94. The van der Waals surface area contributed by atoms with Gasteiger partial charge in [-0.05, 0) is 30.2 Å². The van der Waals surface area contributed by atoms with Crippen molar-refractivity contribution < 1.29 is 9.59 Å². The number of anilines is 1. The molecule has 2 aliphatic rings. The van der Waals surface area contributed by atoms with Crippen molar-refractivity contribution in [2.45, 2.75) is 19.4 Å². The molecule has 1 atom stereocenters. The van der Waals surface area contributed by atoms with E-state index in [0.29, 0.717) is 5.69 Å². The molecular formula is C24H27N3O2. The number of benzene rings is 2. The summed E-state index contributed by atoms with van der Waals surface area (Å²) in [4.78, 5) is 31.5. The van der Waals surface area contributed by atoms with Crippen molar-refractivity contribution in [2.24, 2.45) is 0 Å². The number of amides is 2. The van der Waals surface area contributed by atoms with Crippen LogP contribution in [0.4, 0.5) is 5.69 Å². The van der Waals surface area contributed by atoms with E-state index in [0.717, 1.165) is 38.3 Å². The van der Waals surface area contributed by atoms with E-state index >= 15 is 0 Å². The van der Waals surface area contributed by atoms with Crippen LogP contribution in [-0.2, 0) is 9.59 Å². The van der Waals surface area contributed by atoms with Crippen LogP contribution in [0.2, 0.25) is 0 Å². The van der Waals surface area contributed by atoms with E-state index in [-0.39, 0.29) is 24.3 Å². The Bertz CT molecular complexity index is 901. The molecule has 150 valence electrons. The fourth-order valence-corrected chi connectivity index (χ4v) is 4.10. The Morgan fingerprint density at radius 1 is 0.966 bits per heavy atom. The Kier molecular flexibility index (Phi) is 5.88. The average molecular weight is 389 g/mol. The van der Waals surface area contributed by atoms with E-state index < -0.39 is 0 Å². The fraction of sp³-hybridized carbons (Fsp3) is 0.333. The van der Waals surface area contributed by atoms with Gasteiger partial charge in [0.1, 0.15) is 0 Å². The van der Waals surface area contributed by atoms with Crippen molar-refractivity contribution in [3.63, 3.8) is 0 Å². The van der Waals surface area contributed by atoms with Gasteiger partial charge >= 0.3 is 0 Å². The van der Waals surface area contributed by atoms with E-state index in [4.69, 9.17) is 0 Å². The number of carbonyl (C=O) groups excluding carboxylic acids is 2. The number of rotatable bonds is 5. The first-order valence-corrected chi connectivity index (χ1v) is 10.2. The molecule has 2 saturated heterocycles. The van der Waals surface area contributed by atoms with Gasteiger partial charge in [0.25, 0.3) is 5.91 Å². The molecule has 0 aliphatic carbocycles. The SMILES string of the molecule is Cc1cccc(N2C(=O)CC(N3CCN(C/C=C/c4ccccc4)CC3)C2=O)c1. The summed E-state index contributed by atoms with van der Waals surface area (Å²) < 4.78 is 0. The van der Waals surface area contributed by atoms with E-state index in [1.165, 1.54) is 10.5 Å². The molecule has 1 unspecified atom stereocenters. The number of imide groups is 1. The highest BCUT2D eigenvalue weighted by molar-refractivity contribution is 6.22. The number of hydrogen-bond acceptors (Lipinski definition) is 4. The number of nitrogens with zero attached hydrogens (tertiary/aromatic N) is 3. The first-order valence-electron chi connectivity index (χ1n) is 10.2. The molecule has 5 nitrogen and oxygen atoms in total. The Labute approximate surface area is 172 Å². The van der Waals surface area contributed by atoms with Gasteiger partial charge in [0.15, 0.2) is 0 Å². The Morgan fingerprint density at radius 2 is 1.72 bits per heavy atom. The molecule has 0 aromatic heterocycles. The molecule has 4 rings (SSSR count). The van der Waals surface area contributed by atoms with Gasteiger partial charge in [-0.3, -0.25) is 19.4 Å². The first kappa shape index (κ1) is 19.6. The van der Waals surface area contributed by atoms with Crippen LogP contribution < -0.4 is 4.90 Å². The lowest BCUT2D eigenvalue weighted by Crippen LogP contribution is -2.52. The molecule has 29 heavy (non-hydrogen) atoms. The highest BCUT2D eigenvalue weighted by atomic mass is 16.2. The zero-order chi connectivity index (χ0) is 20.2. The molecule has 2 heterocycles. The second kappa shape index (κ2) is 8.72. The van der Waals surface area contributed by atoms with Gasteiger partial charge in [-0.2, -0.15) is 0 Å². The van der Waals surface area contributed by atoms with Crippen LogP contribution in [0.3, 0.4) is 0 Å². The number of hydrogen-bond donors (Lipinski definition) is 0. The summed E-state index contributed by atoms with van der Waals surface area (Å²) in [7, 11) is 0. The predicted molar refractivity (Wildman–Crippen MR) is 116 cm³/mol. The average Bonchev–Trinajstić information content (AvgIpc) is 3.03. The largest absolute Gasteiger partial charge is 0.297 e. The Hall–Kier alpha value is -2.76. The van der Waals surface area contributed by atoms with Crippen molar-refractivity contribution in [1.29, 1.82) is 0 Å².